The molecule has 0 fully saturated rings. The van der Waals surface area contributed by atoms with E-state index in [-0.39, 0.29) is 18.1 Å². The van der Waals surface area contributed by atoms with Gasteiger partial charge in [0.05, 0.1) is 5.56 Å². The van der Waals surface area contributed by atoms with Crippen LogP contribution in [0.3, 0.4) is 0 Å². The zero-order valence-corrected chi connectivity index (χ0v) is 11.1. The zero-order chi connectivity index (χ0) is 13.4. The summed E-state index contributed by atoms with van der Waals surface area (Å²) in [6, 6.07) is 3.68. The number of Topliss-reactive ketones (excluding diaryl/α,β-unsaturated/α-hetero) is 1. The number of rotatable bonds is 1. The van der Waals surface area contributed by atoms with Gasteiger partial charge in [-0.1, -0.05) is 5.16 Å². The molecule has 6 heteroatoms. The molecular weight excluding hydrogens is 266 g/mol. The molecule has 0 unspecified atom stereocenters. The maximum absolute atomic E-state index is 12.2. The van der Waals surface area contributed by atoms with E-state index in [2.05, 4.69) is 9.99 Å². The lowest BCUT2D eigenvalue weighted by Gasteiger charge is -2.19. The monoisotopic (exact) mass is 277 g/mol. The fourth-order valence-electron chi connectivity index (χ4n) is 2.14. The Morgan fingerprint density at radius 1 is 1.47 bits per heavy atom. The van der Waals surface area contributed by atoms with Gasteiger partial charge in [0.2, 0.25) is 5.78 Å². The van der Waals surface area contributed by atoms with E-state index >= 15 is 0 Å². The summed E-state index contributed by atoms with van der Waals surface area (Å²) in [6.07, 6.45) is 0.910. The van der Waals surface area contributed by atoms with Gasteiger partial charge >= 0.3 is 5.97 Å². The van der Waals surface area contributed by atoms with Gasteiger partial charge in [0, 0.05) is 23.1 Å². The highest BCUT2D eigenvalue weighted by atomic mass is 32.2. The van der Waals surface area contributed by atoms with Gasteiger partial charge in [0.25, 0.3) is 0 Å². The molecule has 98 valence electrons. The molecule has 19 heavy (non-hydrogen) atoms. The average molecular weight is 277 g/mol. The predicted molar refractivity (Wildman–Crippen MR) is 69.9 cm³/mol. The molecule has 5 nitrogen and oxygen atoms in total. The third-order valence-corrected chi connectivity index (χ3v) is 4.07. The highest BCUT2D eigenvalue weighted by Crippen LogP contribution is 2.40. The largest absolute Gasteiger partial charge is 0.486 e. The van der Waals surface area contributed by atoms with Crippen molar-refractivity contribution < 1.29 is 19.2 Å². The summed E-state index contributed by atoms with van der Waals surface area (Å²) in [5.41, 5.74) is 1.72. The molecule has 0 spiro atoms. The van der Waals surface area contributed by atoms with Crippen molar-refractivity contribution in [2.75, 3.05) is 12.4 Å². The first-order chi connectivity index (χ1) is 9.16. The van der Waals surface area contributed by atoms with Crippen LogP contribution < -0.4 is 4.74 Å². The zero-order valence-electron chi connectivity index (χ0n) is 10.3. The van der Waals surface area contributed by atoms with Crippen molar-refractivity contribution in [3.63, 3.8) is 0 Å². The van der Waals surface area contributed by atoms with Crippen LogP contribution in [0.1, 0.15) is 22.8 Å². The molecule has 0 radical (unpaired) electrons. The van der Waals surface area contributed by atoms with Crippen molar-refractivity contribution in [3.8, 4) is 5.75 Å². The van der Waals surface area contributed by atoms with Gasteiger partial charge < -0.3 is 9.57 Å². The van der Waals surface area contributed by atoms with Crippen LogP contribution in [0, 0.1) is 0 Å². The number of thioether (sulfide) groups is 1. The van der Waals surface area contributed by atoms with E-state index in [0.717, 1.165) is 17.7 Å². The first-order valence-corrected chi connectivity index (χ1v) is 6.86. The Hall–Kier alpha value is -1.82. The first-order valence-electron chi connectivity index (χ1n) is 5.87. The van der Waals surface area contributed by atoms with Crippen LogP contribution in [0.15, 0.2) is 22.2 Å². The second-order valence-electron chi connectivity index (χ2n) is 4.26. The fourth-order valence-corrected chi connectivity index (χ4v) is 3.20. The van der Waals surface area contributed by atoms with E-state index in [1.807, 2.05) is 6.07 Å². The first kappa shape index (κ1) is 12.2. The molecule has 0 amide bonds. The SMILES string of the molecule is CC(=O)O/N=C1\COc2c(ccc3c2CCS3)C1=O. The molecule has 0 saturated carbocycles. The lowest BCUT2D eigenvalue weighted by molar-refractivity contribution is -0.140. The van der Waals surface area contributed by atoms with Crippen LogP contribution in [-0.4, -0.2) is 29.8 Å². The number of carbonyl (C=O) groups is 2. The molecule has 0 atom stereocenters. The van der Waals surface area contributed by atoms with Gasteiger partial charge in [-0.2, -0.15) is 0 Å². The van der Waals surface area contributed by atoms with Crippen molar-refractivity contribution in [3.05, 3.63) is 23.3 Å². The lowest BCUT2D eigenvalue weighted by atomic mass is 9.99. The van der Waals surface area contributed by atoms with Crippen molar-refractivity contribution in [2.45, 2.75) is 18.2 Å². The molecule has 0 bridgehead atoms. The van der Waals surface area contributed by atoms with Crippen molar-refractivity contribution in [1.82, 2.24) is 0 Å². The van der Waals surface area contributed by atoms with E-state index in [4.69, 9.17) is 4.74 Å². The number of benzene rings is 1. The summed E-state index contributed by atoms with van der Waals surface area (Å²) in [6.45, 7) is 1.27. The molecule has 2 heterocycles. The highest BCUT2D eigenvalue weighted by molar-refractivity contribution is 7.99. The Balaban J connectivity index is 1.97. The second-order valence-corrected chi connectivity index (χ2v) is 5.39. The van der Waals surface area contributed by atoms with Crippen LogP contribution in [-0.2, 0) is 16.1 Å². The summed E-state index contributed by atoms with van der Waals surface area (Å²) >= 11 is 1.77. The van der Waals surface area contributed by atoms with Gasteiger partial charge in [-0.05, 0) is 18.6 Å². The maximum Gasteiger partial charge on any atom is 0.331 e. The van der Waals surface area contributed by atoms with E-state index in [1.165, 1.54) is 11.8 Å². The smallest absolute Gasteiger partial charge is 0.331 e. The minimum atomic E-state index is -0.559. The van der Waals surface area contributed by atoms with Gasteiger partial charge in [0.1, 0.15) is 12.4 Å². The normalized spacial score (nSPS) is 18.8. The Bertz CT molecular complexity index is 609. The van der Waals surface area contributed by atoms with Crippen LogP contribution >= 0.6 is 11.8 Å². The van der Waals surface area contributed by atoms with Crippen molar-refractivity contribution >= 4 is 29.2 Å². The van der Waals surface area contributed by atoms with Crippen LogP contribution in [0.4, 0.5) is 0 Å². The summed E-state index contributed by atoms with van der Waals surface area (Å²) in [5.74, 6) is 0.880. The number of ketones is 1. The minimum Gasteiger partial charge on any atom is -0.486 e. The second kappa shape index (κ2) is 4.70. The van der Waals surface area contributed by atoms with Crippen LogP contribution in [0.2, 0.25) is 0 Å². The molecule has 0 N–H and O–H groups in total. The number of ether oxygens (including phenoxy) is 1. The Labute approximate surface area is 113 Å². The summed E-state index contributed by atoms with van der Waals surface area (Å²) in [4.78, 5) is 28.6. The Morgan fingerprint density at radius 2 is 2.32 bits per heavy atom. The van der Waals surface area contributed by atoms with Gasteiger partial charge in [-0.25, -0.2) is 4.79 Å². The third-order valence-electron chi connectivity index (χ3n) is 2.97. The summed E-state index contributed by atoms with van der Waals surface area (Å²) in [7, 11) is 0. The summed E-state index contributed by atoms with van der Waals surface area (Å²) in [5, 5.41) is 3.54. The summed E-state index contributed by atoms with van der Waals surface area (Å²) < 4.78 is 5.63. The third kappa shape index (κ3) is 2.12. The van der Waals surface area contributed by atoms with E-state index in [1.54, 1.807) is 17.8 Å². The number of fused-ring (bicyclic) bond motifs is 3. The average Bonchev–Trinajstić information content (AvgIpc) is 2.86. The van der Waals surface area contributed by atoms with Gasteiger partial charge in [-0.15, -0.1) is 11.8 Å². The molecule has 0 aliphatic carbocycles. The van der Waals surface area contributed by atoms with E-state index in [0.29, 0.717) is 11.3 Å². The van der Waals surface area contributed by atoms with Crippen LogP contribution in [0.25, 0.3) is 0 Å². The number of hydrogen-bond donors (Lipinski definition) is 0. The van der Waals surface area contributed by atoms with E-state index in [9.17, 15) is 9.59 Å². The number of nitrogens with zero attached hydrogens (tertiary/aromatic N) is 1. The number of carbonyl (C=O) groups excluding carboxylic acids is 2. The van der Waals surface area contributed by atoms with Crippen LogP contribution in [0.5, 0.6) is 5.75 Å². The highest BCUT2D eigenvalue weighted by Gasteiger charge is 2.30. The molecule has 3 rings (SSSR count). The number of oxime groups is 1. The molecule has 2 aliphatic rings. The van der Waals surface area contributed by atoms with Crippen molar-refractivity contribution in [1.29, 1.82) is 0 Å². The Kier molecular flexibility index (Phi) is 3.02. The molecular formula is C13H11NO4S. The standard InChI is InChI=1S/C13H11NO4S/c1-7(15)18-14-10-6-17-13-8-4-5-19-11(8)3-2-9(13)12(10)16/h2-3H,4-6H2,1H3/b14-10+. The number of hydrogen-bond acceptors (Lipinski definition) is 6. The molecule has 1 aromatic rings. The quantitative estimate of drug-likeness (QED) is 0.579. The molecule has 1 aromatic carbocycles. The minimum absolute atomic E-state index is 0.0419. The van der Waals surface area contributed by atoms with Gasteiger partial charge in [0.15, 0.2) is 5.71 Å². The lowest BCUT2D eigenvalue weighted by Crippen LogP contribution is -2.29. The maximum atomic E-state index is 12.2. The van der Waals surface area contributed by atoms with Gasteiger partial charge in [-0.3, -0.25) is 4.79 Å². The molecule has 0 aromatic heterocycles. The fraction of sp³-hybridized carbons (Fsp3) is 0.308. The molecule has 0 saturated heterocycles. The Morgan fingerprint density at radius 3 is 3.11 bits per heavy atom. The van der Waals surface area contributed by atoms with Crippen molar-refractivity contribution in [2.24, 2.45) is 5.16 Å². The predicted octanol–water partition coefficient (Wildman–Crippen LogP) is 1.83. The van der Waals surface area contributed by atoms with E-state index < -0.39 is 5.97 Å². The topological polar surface area (TPSA) is 65.0 Å². The molecule has 2 aliphatic heterocycles.